The number of hydrogen-bond donors (Lipinski definition) is 0. The van der Waals surface area contributed by atoms with Crippen molar-refractivity contribution in [3.63, 3.8) is 0 Å². The molecule has 0 saturated heterocycles. The Morgan fingerprint density at radius 2 is 0.972 bits per heavy atom. The van der Waals surface area contributed by atoms with Gasteiger partial charge >= 0.3 is 0 Å². The van der Waals surface area contributed by atoms with Gasteiger partial charge in [0.25, 0.3) is 6.71 Å². The molecular weight excluding hydrogens is 856 g/mol. The SMILES string of the molecule is [2H]C([2H])([2H])c1cc2c3c(c1)N(c1c(-c4ccccc4)cc(C(C)(C)C)cc1-c1ccccc1)c1cc4c(cc1B3c1ccc(C(C)(C)c3ccccc3)cc1N2c1cccc(C(C)(C)C)c1)C(C)(C)CCC4(C)C. The highest BCUT2D eigenvalue weighted by Crippen LogP contribution is 2.54. The molecular formula is C68H71BN2. The molecule has 0 amide bonds. The maximum atomic E-state index is 9.36. The molecule has 8 aromatic carbocycles. The van der Waals surface area contributed by atoms with Crippen LogP contribution in [0.25, 0.3) is 22.3 Å². The Labute approximate surface area is 430 Å². The standard InChI is InChI=1S/C68H71BN2/c1-44-36-60-62-61(37-44)71(63-52(45-24-17-14-18-25-45)39-50(65(5,6)7)40-53(63)46-26-19-15-20-27-46)59-43-55-54(66(8,9)34-35-67(55,10)11)42-57(59)69(62)56-33-32-49(68(12,13)47-28-21-16-22-29-47)41-58(56)70(60)51-31-23-30-48(38-51)64(2,3)4/h14-33,36-43H,34-35H2,1-13H3/i1D3. The van der Waals surface area contributed by atoms with E-state index >= 15 is 0 Å². The highest BCUT2D eigenvalue weighted by atomic mass is 15.2. The Bertz CT molecular complexity index is 3420. The van der Waals surface area contributed by atoms with Crippen LogP contribution in [0.5, 0.6) is 0 Å². The molecule has 8 aromatic rings. The summed E-state index contributed by atoms with van der Waals surface area (Å²) in [5, 5.41) is 0. The Hall–Kier alpha value is -6.58. The van der Waals surface area contributed by atoms with Crippen molar-refractivity contribution in [3.8, 4) is 22.3 Å². The van der Waals surface area contributed by atoms with E-state index in [4.69, 9.17) is 0 Å². The molecule has 2 nitrogen and oxygen atoms in total. The largest absolute Gasteiger partial charge is 0.311 e. The summed E-state index contributed by atoms with van der Waals surface area (Å²) in [5.41, 5.74) is 21.1. The lowest BCUT2D eigenvalue weighted by Crippen LogP contribution is -2.62. The van der Waals surface area contributed by atoms with Gasteiger partial charge in [-0.05, 0) is 156 Å². The van der Waals surface area contributed by atoms with Crippen LogP contribution in [-0.4, -0.2) is 6.71 Å². The van der Waals surface area contributed by atoms with Gasteiger partial charge < -0.3 is 9.80 Å². The van der Waals surface area contributed by atoms with E-state index in [1.807, 2.05) is 12.1 Å². The van der Waals surface area contributed by atoms with E-state index in [0.717, 1.165) is 74.7 Å². The maximum absolute atomic E-state index is 9.36. The van der Waals surface area contributed by atoms with Crippen molar-refractivity contribution in [3.05, 3.63) is 209 Å². The molecule has 0 atom stereocenters. The number of anilines is 6. The van der Waals surface area contributed by atoms with Crippen molar-refractivity contribution < 1.29 is 4.11 Å². The number of hydrogen-bond acceptors (Lipinski definition) is 2. The highest BCUT2D eigenvalue weighted by Gasteiger charge is 2.47. The zero-order chi connectivity index (χ0) is 52.5. The van der Waals surface area contributed by atoms with Crippen molar-refractivity contribution in [1.29, 1.82) is 0 Å². The fourth-order valence-electron chi connectivity index (χ4n) is 12.1. The van der Waals surface area contributed by atoms with E-state index in [2.05, 4.69) is 251 Å². The quantitative estimate of drug-likeness (QED) is 0.153. The summed E-state index contributed by atoms with van der Waals surface area (Å²) in [6.45, 7) is 25.4. The first kappa shape index (κ1) is 43.2. The van der Waals surface area contributed by atoms with Crippen LogP contribution < -0.4 is 26.2 Å². The van der Waals surface area contributed by atoms with Gasteiger partial charge in [0, 0.05) is 49.1 Å². The molecule has 11 rings (SSSR count). The molecule has 2 aliphatic heterocycles. The van der Waals surface area contributed by atoms with Gasteiger partial charge in [-0.25, -0.2) is 0 Å². The fraction of sp³-hybridized carbons (Fsp3) is 0.294. The summed E-state index contributed by atoms with van der Waals surface area (Å²) in [5.74, 6) is 0. The lowest BCUT2D eigenvalue weighted by atomic mass is 9.33. The predicted molar refractivity (Wildman–Crippen MR) is 307 cm³/mol. The van der Waals surface area contributed by atoms with Gasteiger partial charge in [0.05, 0.1) is 5.69 Å². The summed E-state index contributed by atoms with van der Waals surface area (Å²) in [6, 6.07) is 62.5. The van der Waals surface area contributed by atoms with Crippen LogP contribution in [0.1, 0.15) is 139 Å². The number of fused-ring (bicyclic) bond motifs is 5. The zero-order valence-corrected chi connectivity index (χ0v) is 44.1. The smallest absolute Gasteiger partial charge is 0.252 e. The minimum Gasteiger partial charge on any atom is -0.311 e. The average Bonchev–Trinajstić information content (AvgIpc) is 3.37. The third kappa shape index (κ3) is 7.78. The van der Waals surface area contributed by atoms with Gasteiger partial charge in [-0.1, -0.05) is 204 Å². The number of rotatable bonds is 6. The Morgan fingerprint density at radius 1 is 0.451 bits per heavy atom. The molecule has 0 bridgehead atoms. The van der Waals surface area contributed by atoms with Crippen molar-refractivity contribution in [2.45, 2.75) is 130 Å². The molecule has 0 unspecified atom stereocenters. The van der Waals surface area contributed by atoms with Crippen LogP contribution >= 0.6 is 0 Å². The van der Waals surface area contributed by atoms with Crippen molar-refractivity contribution >= 4 is 57.2 Å². The molecule has 0 spiro atoms. The van der Waals surface area contributed by atoms with Crippen molar-refractivity contribution in [2.75, 3.05) is 9.80 Å². The third-order valence-corrected chi connectivity index (χ3v) is 16.6. The molecule has 356 valence electrons. The molecule has 0 fully saturated rings. The van der Waals surface area contributed by atoms with E-state index in [9.17, 15) is 4.11 Å². The van der Waals surface area contributed by atoms with E-state index in [1.54, 1.807) is 0 Å². The summed E-state index contributed by atoms with van der Waals surface area (Å²) >= 11 is 0. The van der Waals surface area contributed by atoms with Gasteiger partial charge in [0.15, 0.2) is 0 Å². The van der Waals surface area contributed by atoms with Gasteiger partial charge in [-0.2, -0.15) is 0 Å². The van der Waals surface area contributed by atoms with E-state index in [-0.39, 0.29) is 33.8 Å². The fourth-order valence-corrected chi connectivity index (χ4v) is 12.1. The van der Waals surface area contributed by atoms with Gasteiger partial charge in [-0.3, -0.25) is 0 Å². The average molecular weight is 930 g/mol. The van der Waals surface area contributed by atoms with Crippen LogP contribution in [-0.2, 0) is 27.1 Å². The minimum atomic E-state index is -2.42. The third-order valence-electron chi connectivity index (χ3n) is 16.6. The van der Waals surface area contributed by atoms with Crippen LogP contribution in [0.2, 0.25) is 0 Å². The van der Waals surface area contributed by atoms with E-state index < -0.39 is 6.85 Å². The molecule has 0 saturated carbocycles. The molecule has 1 aliphatic carbocycles. The normalized spacial score (nSPS) is 16.5. The first-order valence-electron chi connectivity index (χ1n) is 27.4. The van der Waals surface area contributed by atoms with Crippen LogP contribution in [0.15, 0.2) is 170 Å². The van der Waals surface area contributed by atoms with Crippen LogP contribution in [0.3, 0.4) is 0 Å². The van der Waals surface area contributed by atoms with E-state index in [0.29, 0.717) is 5.56 Å². The molecule has 0 radical (unpaired) electrons. The van der Waals surface area contributed by atoms with Crippen molar-refractivity contribution in [2.24, 2.45) is 0 Å². The molecule has 0 aromatic heterocycles. The summed E-state index contributed by atoms with van der Waals surface area (Å²) in [4.78, 5) is 4.92. The topological polar surface area (TPSA) is 6.48 Å². The van der Waals surface area contributed by atoms with Gasteiger partial charge in [-0.15, -0.1) is 0 Å². The van der Waals surface area contributed by atoms with Crippen LogP contribution in [0, 0.1) is 6.85 Å². The van der Waals surface area contributed by atoms with Gasteiger partial charge in [0.2, 0.25) is 0 Å². The Balaban J connectivity index is 1.34. The molecule has 3 aliphatic rings. The summed E-state index contributed by atoms with van der Waals surface area (Å²) < 4.78 is 28.1. The lowest BCUT2D eigenvalue weighted by molar-refractivity contribution is 0.332. The lowest BCUT2D eigenvalue weighted by Gasteiger charge is -2.48. The zero-order valence-electron chi connectivity index (χ0n) is 47.1. The molecule has 71 heavy (non-hydrogen) atoms. The molecule has 0 N–H and O–H groups in total. The molecule has 2 heterocycles. The summed E-state index contributed by atoms with van der Waals surface area (Å²) in [6.07, 6.45) is 2.15. The van der Waals surface area contributed by atoms with Crippen molar-refractivity contribution in [1.82, 2.24) is 0 Å². The maximum Gasteiger partial charge on any atom is 0.252 e. The second kappa shape index (κ2) is 16.5. The second-order valence-electron chi connectivity index (χ2n) is 24.7. The van der Waals surface area contributed by atoms with Crippen LogP contribution in [0.4, 0.5) is 34.1 Å². The number of aryl methyl sites for hydroxylation is 1. The monoisotopic (exact) mass is 930 g/mol. The Morgan fingerprint density at radius 3 is 1.54 bits per heavy atom. The highest BCUT2D eigenvalue weighted by molar-refractivity contribution is 7.00. The second-order valence-corrected chi connectivity index (χ2v) is 24.7. The first-order valence-corrected chi connectivity index (χ1v) is 25.9. The number of nitrogens with zero attached hydrogens (tertiary/aromatic N) is 2. The van der Waals surface area contributed by atoms with Gasteiger partial charge in [0.1, 0.15) is 0 Å². The summed E-state index contributed by atoms with van der Waals surface area (Å²) in [7, 11) is 0. The first-order chi connectivity index (χ1) is 34.8. The number of benzene rings is 8. The molecule has 3 heteroatoms. The minimum absolute atomic E-state index is 0.0712. The Kier molecular flexibility index (Phi) is 10.0. The van der Waals surface area contributed by atoms with E-state index in [1.165, 1.54) is 44.3 Å². The predicted octanol–water partition coefficient (Wildman–Crippen LogP) is 16.7.